The monoisotopic (exact) mass is 252 g/mol. The number of ether oxygens (including phenoxy) is 2. The summed E-state index contributed by atoms with van der Waals surface area (Å²) in [5, 5.41) is 0. The van der Waals surface area contributed by atoms with Gasteiger partial charge in [-0.15, -0.1) is 0 Å². The molecule has 0 aliphatic heterocycles. The molecular formula is C14H20O4. The first-order valence-electron chi connectivity index (χ1n) is 6.28. The van der Waals surface area contributed by atoms with E-state index in [9.17, 15) is 9.59 Å². The number of rotatable bonds is 6. The fourth-order valence-electron chi connectivity index (χ4n) is 2.14. The lowest BCUT2D eigenvalue weighted by Crippen LogP contribution is -2.24. The Balaban J connectivity index is 2.15. The van der Waals surface area contributed by atoms with Gasteiger partial charge in [-0.2, -0.15) is 0 Å². The van der Waals surface area contributed by atoms with Gasteiger partial charge in [0.05, 0.1) is 6.61 Å². The van der Waals surface area contributed by atoms with Gasteiger partial charge < -0.3 is 9.47 Å². The van der Waals surface area contributed by atoms with E-state index in [1.807, 2.05) is 0 Å². The van der Waals surface area contributed by atoms with Crippen LogP contribution in [-0.4, -0.2) is 24.6 Å². The van der Waals surface area contributed by atoms with Crippen molar-refractivity contribution >= 4 is 11.9 Å². The molecule has 4 heteroatoms. The second-order valence-electron chi connectivity index (χ2n) is 4.44. The minimum Gasteiger partial charge on any atom is -0.463 e. The summed E-state index contributed by atoms with van der Waals surface area (Å²) in [4.78, 5) is 21.9. The van der Waals surface area contributed by atoms with E-state index in [1.165, 1.54) is 12.2 Å². The predicted octanol–water partition coefficient (Wildman–Crippen LogP) is 2.39. The smallest absolute Gasteiger partial charge is 0.330 e. The highest BCUT2D eigenvalue weighted by molar-refractivity contribution is 5.81. The largest absolute Gasteiger partial charge is 0.463 e. The van der Waals surface area contributed by atoms with E-state index >= 15 is 0 Å². The van der Waals surface area contributed by atoms with Crippen molar-refractivity contribution in [3.05, 3.63) is 25.3 Å². The predicted molar refractivity (Wildman–Crippen MR) is 67.8 cm³/mol. The SMILES string of the molecule is C=CC(=O)OCCC1CCC(OC(=O)C=C)CC1. The first-order chi connectivity index (χ1) is 8.65. The Morgan fingerprint density at radius 2 is 1.67 bits per heavy atom. The van der Waals surface area contributed by atoms with Crippen LogP contribution in [0.15, 0.2) is 25.3 Å². The minimum atomic E-state index is -0.372. The molecule has 0 amide bonds. The Morgan fingerprint density at radius 3 is 2.22 bits per heavy atom. The summed E-state index contributed by atoms with van der Waals surface area (Å²) in [6.45, 7) is 7.15. The van der Waals surface area contributed by atoms with Crippen molar-refractivity contribution in [2.75, 3.05) is 6.61 Å². The molecule has 0 spiro atoms. The van der Waals surface area contributed by atoms with E-state index in [2.05, 4.69) is 13.2 Å². The molecule has 0 atom stereocenters. The summed E-state index contributed by atoms with van der Waals surface area (Å²) in [6.07, 6.45) is 7.00. The first-order valence-corrected chi connectivity index (χ1v) is 6.28. The van der Waals surface area contributed by atoms with Crippen LogP contribution in [-0.2, 0) is 19.1 Å². The van der Waals surface area contributed by atoms with Crippen molar-refractivity contribution < 1.29 is 19.1 Å². The molecule has 0 N–H and O–H groups in total. The summed E-state index contributed by atoms with van der Waals surface area (Å²) >= 11 is 0. The van der Waals surface area contributed by atoms with Crippen LogP contribution in [0, 0.1) is 5.92 Å². The molecule has 1 aliphatic rings. The molecule has 0 unspecified atom stereocenters. The molecule has 1 saturated carbocycles. The van der Waals surface area contributed by atoms with Gasteiger partial charge in [0.2, 0.25) is 0 Å². The van der Waals surface area contributed by atoms with Gasteiger partial charge in [-0.25, -0.2) is 9.59 Å². The molecule has 0 radical (unpaired) electrons. The van der Waals surface area contributed by atoms with Crippen LogP contribution in [0.1, 0.15) is 32.1 Å². The van der Waals surface area contributed by atoms with E-state index in [-0.39, 0.29) is 18.0 Å². The molecule has 0 saturated heterocycles. The molecular weight excluding hydrogens is 232 g/mol. The van der Waals surface area contributed by atoms with Crippen molar-refractivity contribution in [3.8, 4) is 0 Å². The van der Waals surface area contributed by atoms with E-state index in [4.69, 9.17) is 9.47 Å². The summed E-state index contributed by atoms with van der Waals surface area (Å²) in [5.74, 6) is -0.178. The van der Waals surface area contributed by atoms with Crippen LogP contribution in [0.4, 0.5) is 0 Å². The summed E-state index contributed by atoms with van der Waals surface area (Å²) in [6, 6.07) is 0. The maximum Gasteiger partial charge on any atom is 0.330 e. The number of carbonyl (C=O) groups is 2. The highest BCUT2D eigenvalue weighted by atomic mass is 16.5. The molecule has 1 rings (SSSR count). The summed E-state index contributed by atoms with van der Waals surface area (Å²) in [5.41, 5.74) is 0. The maximum absolute atomic E-state index is 11.0. The standard InChI is InChI=1S/C14H20O4/c1-3-13(15)17-10-9-11-5-7-12(8-6-11)18-14(16)4-2/h3-4,11-12H,1-2,5-10H2. The van der Waals surface area contributed by atoms with E-state index in [0.717, 1.165) is 32.1 Å². The van der Waals surface area contributed by atoms with Gasteiger partial charge in [-0.1, -0.05) is 13.2 Å². The highest BCUT2D eigenvalue weighted by Crippen LogP contribution is 2.28. The zero-order valence-electron chi connectivity index (χ0n) is 10.6. The lowest BCUT2D eigenvalue weighted by molar-refractivity contribution is -0.145. The molecule has 1 aliphatic carbocycles. The van der Waals surface area contributed by atoms with E-state index < -0.39 is 0 Å². The molecule has 1 fully saturated rings. The van der Waals surface area contributed by atoms with Crippen LogP contribution >= 0.6 is 0 Å². The lowest BCUT2D eigenvalue weighted by Gasteiger charge is -2.27. The fourth-order valence-corrected chi connectivity index (χ4v) is 2.14. The fraction of sp³-hybridized carbons (Fsp3) is 0.571. The van der Waals surface area contributed by atoms with Gasteiger partial charge in [-0.05, 0) is 38.0 Å². The third-order valence-electron chi connectivity index (χ3n) is 3.18. The quantitative estimate of drug-likeness (QED) is 0.538. The Morgan fingerprint density at radius 1 is 1.06 bits per heavy atom. The average molecular weight is 252 g/mol. The van der Waals surface area contributed by atoms with Crippen LogP contribution in [0.3, 0.4) is 0 Å². The zero-order valence-corrected chi connectivity index (χ0v) is 10.6. The average Bonchev–Trinajstić information content (AvgIpc) is 2.40. The van der Waals surface area contributed by atoms with Gasteiger partial charge >= 0.3 is 11.9 Å². The molecule has 4 nitrogen and oxygen atoms in total. The Bertz CT molecular complexity index is 314. The zero-order chi connectivity index (χ0) is 13.4. The molecule has 100 valence electrons. The van der Waals surface area contributed by atoms with Crippen LogP contribution in [0.5, 0.6) is 0 Å². The Hall–Kier alpha value is -1.58. The van der Waals surface area contributed by atoms with E-state index in [0.29, 0.717) is 12.5 Å². The normalized spacial score (nSPS) is 22.9. The maximum atomic E-state index is 11.0. The first kappa shape index (κ1) is 14.5. The van der Waals surface area contributed by atoms with Gasteiger partial charge in [0.25, 0.3) is 0 Å². The molecule has 18 heavy (non-hydrogen) atoms. The molecule has 0 aromatic carbocycles. The van der Waals surface area contributed by atoms with Crippen LogP contribution in [0.2, 0.25) is 0 Å². The topological polar surface area (TPSA) is 52.6 Å². The van der Waals surface area contributed by atoms with Crippen molar-refractivity contribution in [3.63, 3.8) is 0 Å². The summed E-state index contributed by atoms with van der Waals surface area (Å²) < 4.78 is 10.1. The van der Waals surface area contributed by atoms with Crippen molar-refractivity contribution in [1.29, 1.82) is 0 Å². The van der Waals surface area contributed by atoms with Gasteiger partial charge in [0.15, 0.2) is 0 Å². The van der Waals surface area contributed by atoms with Crippen molar-refractivity contribution in [1.82, 2.24) is 0 Å². The number of hydrogen-bond acceptors (Lipinski definition) is 4. The van der Waals surface area contributed by atoms with Gasteiger partial charge in [0, 0.05) is 12.2 Å². The number of esters is 2. The van der Waals surface area contributed by atoms with Gasteiger partial charge in [-0.3, -0.25) is 0 Å². The lowest BCUT2D eigenvalue weighted by atomic mass is 9.85. The Kier molecular flexibility index (Phi) is 6.19. The van der Waals surface area contributed by atoms with Gasteiger partial charge in [0.1, 0.15) is 6.10 Å². The van der Waals surface area contributed by atoms with Crippen LogP contribution in [0.25, 0.3) is 0 Å². The number of carbonyl (C=O) groups excluding carboxylic acids is 2. The molecule has 0 aromatic heterocycles. The van der Waals surface area contributed by atoms with Crippen molar-refractivity contribution in [2.24, 2.45) is 5.92 Å². The minimum absolute atomic E-state index is 0.0162. The second kappa shape index (κ2) is 7.69. The van der Waals surface area contributed by atoms with Crippen LogP contribution < -0.4 is 0 Å². The third-order valence-corrected chi connectivity index (χ3v) is 3.18. The molecule has 0 bridgehead atoms. The third kappa shape index (κ3) is 5.17. The van der Waals surface area contributed by atoms with Crippen molar-refractivity contribution in [2.45, 2.75) is 38.2 Å². The molecule has 0 heterocycles. The highest BCUT2D eigenvalue weighted by Gasteiger charge is 2.23. The van der Waals surface area contributed by atoms with E-state index in [1.54, 1.807) is 0 Å². The summed E-state index contributed by atoms with van der Waals surface area (Å²) in [7, 11) is 0. The molecule has 0 aromatic rings. The second-order valence-corrected chi connectivity index (χ2v) is 4.44. The Labute approximate surface area is 108 Å². The number of hydrogen-bond donors (Lipinski definition) is 0.